The van der Waals surface area contributed by atoms with Gasteiger partial charge in [-0.05, 0) is 26.8 Å². The molecule has 0 aliphatic heterocycles. The standard InChI is InChI=1S/C12H19N3/c1-4-5-6-7-13-8-12-9-14-10-15(12)11(2)3/h1,9-11,13H,5-8H2,2-3H3. The normalized spacial score (nSPS) is 10.5. The maximum atomic E-state index is 5.18. The summed E-state index contributed by atoms with van der Waals surface area (Å²) in [6, 6.07) is 0.468. The van der Waals surface area contributed by atoms with Gasteiger partial charge in [0.1, 0.15) is 0 Å². The van der Waals surface area contributed by atoms with Gasteiger partial charge in [-0.15, -0.1) is 12.3 Å². The van der Waals surface area contributed by atoms with Crippen molar-refractivity contribution in [3.05, 3.63) is 18.2 Å². The van der Waals surface area contributed by atoms with Crippen molar-refractivity contribution in [1.82, 2.24) is 14.9 Å². The van der Waals surface area contributed by atoms with Gasteiger partial charge in [0.2, 0.25) is 0 Å². The summed E-state index contributed by atoms with van der Waals surface area (Å²) in [6.07, 6.45) is 10.8. The van der Waals surface area contributed by atoms with Crippen molar-refractivity contribution < 1.29 is 0 Å². The molecule has 0 saturated carbocycles. The fourth-order valence-corrected chi connectivity index (χ4v) is 1.47. The van der Waals surface area contributed by atoms with Crippen LogP contribution >= 0.6 is 0 Å². The summed E-state index contributed by atoms with van der Waals surface area (Å²) >= 11 is 0. The Balaban J connectivity index is 2.31. The second kappa shape index (κ2) is 6.26. The summed E-state index contributed by atoms with van der Waals surface area (Å²) in [6.45, 7) is 6.14. The van der Waals surface area contributed by atoms with Gasteiger partial charge < -0.3 is 9.88 Å². The minimum Gasteiger partial charge on any atom is -0.331 e. The lowest BCUT2D eigenvalue weighted by Gasteiger charge is -2.11. The molecule has 0 atom stereocenters. The van der Waals surface area contributed by atoms with Gasteiger partial charge in [-0.3, -0.25) is 0 Å². The van der Waals surface area contributed by atoms with Crippen LogP contribution in [0.3, 0.4) is 0 Å². The summed E-state index contributed by atoms with van der Waals surface area (Å²) in [7, 11) is 0. The molecule has 1 rings (SSSR count). The maximum absolute atomic E-state index is 5.18. The third-order valence-electron chi connectivity index (χ3n) is 2.28. The van der Waals surface area contributed by atoms with Gasteiger partial charge in [-0.2, -0.15) is 0 Å². The molecule has 1 aromatic heterocycles. The first-order valence-electron chi connectivity index (χ1n) is 5.40. The molecule has 0 amide bonds. The smallest absolute Gasteiger partial charge is 0.0951 e. The van der Waals surface area contributed by atoms with Crippen molar-refractivity contribution in [2.24, 2.45) is 0 Å². The third-order valence-corrected chi connectivity index (χ3v) is 2.28. The average Bonchev–Trinajstić information content (AvgIpc) is 2.66. The summed E-state index contributed by atoms with van der Waals surface area (Å²) in [5.74, 6) is 2.63. The highest BCUT2D eigenvalue weighted by molar-refractivity contribution is 4.99. The molecule has 0 aliphatic rings. The number of unbranched alkanes of at least 4 members (excludes halogenated alkanes) is 1. The van der Waals surface area contributed by atoms with Gasteiger partial charge in [0.05, 0.1) is 12.0 Å². The molecule has 3 heteroatoms. The highest BCUT2D eigenvalue weighted by Gasteiger charge is 2.03. The average molecular weight is 205 g/mol. The van der Waals surface area contributed by atoms with E-state index >= 15 is 0 Å². The highest BCUT2D eigenvalue weighted by Crippen LogP contribution is 2.08. The van der Waals surface area contributed by atoms with E-state index < -0.39 is 0 Å². The molecule has 0 spiro atoms. The minimum atomic E-state index is 0.468. The molecule has 15 heavy (non-hydrogen) atoms. The van der Waals surface area contributed by atoms with Crippen LogP contribution in [0.5, 0.6) is 0 Å². The fourth-order valence-electron chi connectivity index (χ4n) is 1.47. The molecule has 0 aromatic carbocycles. The van der Waals surface area contributed by atoms with E-state index in [0.717, 1.165) is 25.9 Å². The zero-order valence-electron chi connectivity index (χ0n) is 9.53. The Kier molecular flexibility index (Phi) is 4.92. The summed E-state index contributed by atoms with van der Waals surface area (Å²) in [4.78, 5) is 4.15. The van der Waals surface area contributed by atoms with Gasteiger partial charge in [-0.25, -0.2) is 4.98 Å². The van der Waals surface area contributed by atoms with Crippen LogP contribution in [0.25, 0.3) is 0 Å². The van der Waals surface area contributed by atoms with E-state index in [4.69, 9.17) is 6.42 Å². The Morgan fingerprint density at radius 3 is 3.07 bits per heavy atom. The lowest BCUT2D eigenvalue weighted by molar-refractivity contribution is 0.548. The predicted octanol–water partition coefficient (Wildman–Crippen LogP) is 1.97. The molecule has 1 N–H and O–H groups in total. The Labute approximate surface area is 91.9 Å². The first-order chi connectivity index (χ1) is 7.25. The lowest BCUT2D eigenvalue weighted by Crippen LogP contribution is -2.17. The SMILES string of the molecule is C#CCCCNCc1cncn1C(C)C. The van der Waals surface area contributed by atoms with E-state index in [1.807, 2.05) is 12.5 Å². The lowest BCUT2D eigenvalue weighted by atomic mass is 10.3. The van der Waals surface area contributed by atoms with Gasteiger partial charge in [0.15, 0.2) is 0 Å². The zero-order valence-corrected chi connectivity index (χ0v) is 9.53. The molecule has 1 heterocycles. The van der Waals surface area contributed by atoms with E-state index in [1.54, 1.807) is 0 Å². The molecular weight excluding hydrogens is 186 g/mol. The van der Waals surface area contributed by atoms with E-state index in [-0.39, 0.29) is 0 Å². The minimum absolute atomic E-state index is 0.468. The van der Waals surface area contributed by atoms with Crippen LogP contribution in [0.2, 0.25) is 0 Å². The van der Waals surface area contributed by atoms with Crippen LogP contribution in [0.15, 0.2) is 12.5 Å². The third kappa shape index (κ3) is 3.77. The van der Waals surface area contributed by atoms with Crippen molar-refractivity contribution >= 4 is 0 Å². The zero-order chi connectivity index (χ0) is 11.1. The summed E-state index contributed by atoms with van der Waals surface area (Å²) < 4.78 is 2.17. The first kappa shape index (κ1) is 11.8. The monoisotopic (exact) mass is 205 g/mol. The highest BCUT2D eigenvalue weighted by atomic mass is 15.1. The molecule has 0 radical (unpaired) electrons. The van der Waals surface area contributed by atoms with Crippen LogP contribution in [-0.2, 0) is 6.54 Å². The Morgan fingerprint density at radius 2 is 2.40 bits per heavy atom. The predicted molar refractivity (Wildman–Crippen MR) is 62.4 cm³/mol. The molecule has 1 aromatic rings. The molecular formula is C12H19N3. The number of imidazole rings is 1. The molecule has 0 saturated heterocycles. The molecule has 0 fully saturated rings. The number of terminal acetylenes is 1. The second-order valence-corrected chi connectivity index (χ2v) is 3.87. The van der Waals surface area contributed by atoms with Crippen LogP contribution in [0.1, 0.15) is 38.4 Å². The first-order valence-corrected chi connectivity index (χ1v) is 5.40. The van der Waals surface area contributed by atoms with Crippen molar-refractivity contribution in [2.45, 2.75) is 39.3 Å². The number of nitrogens with one attached hydrogen (secondary N) is 1. The van der Waals surface area contributed by atoms with Gasteiger partial charge in [0, 0.05) is 25.2 Å². The fraction of sp³-hybridized carbons (Fsp3) is 0.583. The van der Waals surface area contributed by atoms with Crippen molar-refractivity contribution in [3.63, 3.8) is 0 Å². The number of hydrogen-bond acceptors (Lipinski definition) is 2. The van der Waals surface area contributed by atoms with Crippen LogP contribution in [-0.4, -0.2) is 16.1 Å². The Bertz CT molecular complexity index is 320. The number of aromatic nitrogens is 2. The van der Waals surface area contributed by atoms with Crippen LogP contribution < -0.4 is 5.32 Å². The van der Waals surface area contributed by atoms with Crippen LogP contribution in [0.4, 0.5) is 0 Å². The molecule has 0 aliphatic carbocycles. The topological polar surface area (TPSA) is 29.9 Å². The molecule has 82 valence electrons. The van der Waals surface area contributed by atoms with E-state index in [9.17, 15) is 0 Å². The van der Waals surface area contributed by atoms with Gasteiger partial charge in [0.25, 0.3) is 0 Å². The van der Waals surface area contributed by atoms with Crippen molar-refractivity contribution in [3.8, 4) is 12.3 Å². The summed E-state index contributed by atoms with van der Waals surface area (Å²) in [5, 5.41) is 3.36. The van der Waals surface area contributed by atoms with E-state index in [1.165, 1.54) is 5.69 Å². The molecule has 0 bridgehead atoms. The van der Waals surface area contributed by atoms with Crippen LogP contribution in [0, 0.1) is 12.3 Å². The second-order valence-electron chi connectivity index (χ2n) is 3.87. The Morgan fingerprint density at radius 1 is 1.60 bits per heavy atom. The van der Waals surface area contributed by atoms with E-state index in [0.29, 0.717) is 6.04 Å². The van der Waals surface area contributed by atoms with Crippen molar-refractivity contribution in [2.75, 3.05) is 6.54 Å². The number of rotatable bonds is 6. The van der Waals surface area contributed by atoms with Gasteiger partial charge in [-0.1, -0.05) is 0 Å². The van der Waals surface area contributed by atoms with Gasteiger partial charge >= 0.3 is 0 Å². The molecule has 3 nitrogen and oxygen atoms in total. The Hall–Kier alpha value is -1.27. The number of hydrogen-bond donors (Lipinski definition) is 1. The van der Waals surface area contributed by atoms with Crippen molar-refractivity contribution in [1.29, 1.82) is 0 Å². The van der Waals surface area contributed by atoms with E-state index in [2.05, 4.69) is 34.6 Å². The quantitative estimate of drug-likeness (QED) is 0.568. The largest absolute Gasteiger partial charge is 0.331 e. The maximum Gasteiger partial charge on any atom is 0.0951 e. The molecule has 0 unspecified atom stereocenters. The number of nitrogens with zero attached hydrogens (tertiary/aromatic N) is 2. The summed E-state index contributed by atoms with van der Waals surface area (Å²) in [5.41, 5.74) is 1.23.